The van der Waals surface area contributed by atoms with Gasteiger partial charge in [-0.25, -0.2) is 4.39 Å². The Morgan fingerprint density at radius 1 is 1.19 bits per heavy atom. The SMILES string of the molecule is Cc1ccc(-c2noc(N)c2-c2cccc(F)c2)c(Cl)c1. The van der Waals surface area contributed by atoms with Crippen molar-refractivity contribution >= 4 is 17.5 Å². The van der Waals surface area contributed by atoms with Crippen LogP contribution in [0.2, 0.25) is 5.02 Å². The fourth-order valence-electron chi connectivity index (χ4n) is 2.22. The van der Waals surface area contributed by atoms with Gasteiger partial charge in [0.25, 0.3) is 0 Å². The van der Waals surface area contributed by atoms with Crippen LogP contribution in [-0.4, -0.2) is 5.16 Å². The molecule has 0 spiro atoms. The van der Waals surface area contributed by atoms with Crippen molar-refractivity contribution in [1.29, 1.82) is 0 Å². The van der Waals surface area contributed by atoms with Gasteiger partial charge in [-0.15, -0.1) is 0 Å². The monoisotopic (exact) mass is 302 g/mol. The first kappa shape index (κ1) is 13.6. The van der Waals surface area contributed by atoms with Crippen LogP contribution in [0.15, 0.2) is 47.0 Å². The zero-order valence-corrected chi connectivity index (χ0v) is 12.0. The number of halogens is 2. The maximum atomic E-state index is 13.4. The molecule has 1 heterocycles. The maximum Gasteiger partial charge on any atom is 0.230 e. The van der Waals surface area contributed by atoms with Crippen molar-refractivity contribution in [3.8, 4) is 22.4 Å². The van der Waals surface area contributed by atoms with E-state index >= 15 is 0 Å². The normalized spacial score (nSPS) is 10.8. The lowest BCUT2D eigenvalue weighted by molar-refractivity contribution is 0.439. The lowest BCUT2D eigenvalue weighted by atomic mass is 10.00. The Balaban J connectivity index is 2.22. The van der Waals surface area contributed by atoms with Crippen molar-refractivity contribution in [2.24, 2.45) is 0 Å². The van der Waals surface area contributed by atoms with Gasteiger partial charge in [-0.3, -0.25) is 0 Å². The molecule has 0 aliphatic rings. The number of anilines is 1. The van der Waals surface area contributed by atoms with Crippen LogP contribution in [0.3, 0.4) is 0 Å². The molecule has 0 saturated heterocycles. The van der Waals surface area contributed by atoms with Crippen LogP contribution in [0.1, 0.15) is 5.56 Å². The van der Waals surface area contributed by atoms with E-state index in [4.69, 9.17) is 21.9 Å². The molecular formula is C16H12ClFN2O. The van der Waals surface area contributed by atoms with Crippen LogP contribution in [0, 0.1) is 12.7 Å². The van der Waals surface area contributed by atoms with Gasteiger partial charge in [0.2, 0.25) is 5.88 Å². The zero-order valence-electron chi connectivity index (χ0n) is 11.2. The summed E-state index contributed by atoms with van der Waals surface area (Å²) in [5.74, 6) is -0.221. The molecule has 21 heavy (non-hydrogen) atoms. The molecule has 0 atom stereocenters. The average Bonchev–Trinajstić information content (AvgIpc) is 2.80. The Morgan fingerprint density at radius 3 is 2.71 bits per heavy atom. The van der Waals surface area contributed by atoms with Gasteiger partial charge in [0, 0.05) is 5.56 Å². The smallest absolute Gasteiger partial charge is 0.230 e. The number of hydrogen-bond donors (Lipinski definition) is 1. The summed E-state index contributed by atoms with van der Waals surface area (Å²) in [5, 5.41) is 4.52. The lowest BCUT2D eigenvalue weighted by Crippen LogP contribution is -1.89. The van der Waals surface area contributed by atoms with Crippen molar-refractivity contribution in [1.82, 2.24) is 5.16 Å². The van der Waals surface area contributed by atoms with Gasteiger partial charge in [0.15, 0.2) is 0 Å². The highest BCUT2D eigenvalue weighted by Crippen LogP contribution is 2.39. The molecule has 0 unspecified atom stereocenters. The van der Waals surface area contributed by atoms with Crippen molar-refractivity contribution in [2.75, 3.05) is 5.73 Å². The molecule has 3 nitrogen and oxygen atoms in total. The molecule has 3 aromatic rings. The summed E-state index contributed by atoms with van der Waals surface area (Å²) in [5.41, 5.74) is 9.22. The highest BCUT2D eigenvalue weighted by molar-refractivity contribution is 6.33. The molecule has 3 rings (SSSR count). The minimum atomic E-state index is -0.353. The number of aromatic nitrogens is 1. The third kappa shape index (κ3) is 2.50. The second-order valence-electron chi connectivity index (χ2n) is 4.76. The van der Waals surface area contributed by atoms with Crippen LogP contribution >= 0.6 is 11.6 Å². The third-order valence-corrected chi connectivity index (χ3v) is 3.52. The van der Waals surface area contributed by atoms with Crippen molar-refractivity contribution in [3.05, 3.63) is 58.9 Å². The Labute approximate surface area is 126 Å². The molecule has 106 valence electrons. The third-order valence-electron chi connectivity index (χ3n) is 3.21. The predicted molar refractivity (Wildman–Crippen MR) is 81.5 cm³/mol. The van der Waals surface area contributed by atoms with E-state index in [0.717, 1.165) is 5.56 Å². The van der Waals surface area contributed by atoms with E-state index in [1.165, 1.54) is 12.1 Å². The number of nitrogens with two attached hydrogens (primary N) is 1. The highest BCUT2D eigenvalue weighted by Gasteiger charge is 2.19. The van der Waals surface area contributed by atoms with Gasteiger partial charge in [-0.2, -0.15) is 0 Å². The zero-order chi connectivity index (χ0) is 15.0. The van der Waals surface area contributed by atoms with E-state index in [2.05, 4.69) is 5.16 Å². The van der Waals surface area contributed by atoms with E-state index in [0.29, 0.717) is 27.4 Å². The first-order chi connectivity index (χ1) is 10.1. The molecule has 1 aromatic heterocycles. The van der Waals surface area contributed by atoms with Gasteiger partial charge in [-0.1, -0.05) is 41.0 Å². The van der Waals surface area contributed by atoms with Crippen molar-refractivity contribution in [2.45, 2.75) is 6.92 Å². The van der Waals surface area contributed by atoms with Gasteiger partial charge >= 0.3 is 0 Å². The quantitative estimate of drug-likeness (QED) is 0.747. The van der Waals surface area contributed by atoms with Gasteiger partial charge < -0.3 is 10.3 Å². The van der Waals surface area contributed by atoms with Crippen LogP contribution in [-0.2, 0) is 0 Å². The van der Waals surface area contributed by atoms with E-state index in [9.17, 15) is 4.39 Å². The fourth-order valence-corrected chi connectivity index (χ4v) is 2.55. The van der Waals surface area contributed by atoms with Gasteiger partial charge in [0.1, 0.15) is 11.5 Å². The summed E-state index contributed by atoms with van der Waals surface area (Å²) in [7, 11) is 0. The Hall–Kier alpha value is -2.33. The Kier molecular flexibility index (Phi) is 3.39. The van der Waals surface area contributed by atoms with Crippen LogP contribution in [0.4, 0.5) is 10.3 Å². The van der Waals surface area contributed by atoms with Gasteiger partial charge in [-0.05, 0) is 36.2 Å². The molecular weight excluding hydrogens is 291 g/mol. The molecule has 0 bridgehead atoms. The highest BCUT2D eigenvalue weighted by atomic mass is 35.5. The summed E-state index contributed by atoms with van der Waals surface area (Å²) in [4.78, 5) is 0. The Bertz CT molecular complexity index is 814. The number of nitrogen functional groups attached to an aromatic ring is 1. The predicted octanol–water partition coefficient (Wildman–Crippen LogP) is 4.69. The summed E-state index contributed by atoms with van der Waals surface area (Å²) >= 11 is 6.27. The van der Waals surface area contributed by atoms with E-state index < -0.39 is 0 Å². The molecule has 0 aliphatic carbocycles. The largest absolute Gasteiger partial charge is 0.367 e. The summed E-state index contributed by atoms with van der Waals surface area (Å²) in [6.07, 6.45) is 0. The van der Waals surface area contributed by atoms with Crippen molar-refractivity contribution < 1.29 is 8.91 Å². The summed E-state index contributed by atoms with van der Waals surface area (Å²) < 4.78 is 18.5. The first-order valence-electron chi connectivity index (χ1n) is 6.34. The molecule has 0 radical (unpaired) electrons. The summed E-state index contributed by atoms with van der Waals surface area (Å²) in [6, 6.07) is 11.7. The van der Waals surface area contributed by atoms with E-state index in [1.54, 1.807) is 12.1 Å². The number of nitrogens with zero attached hydrogens (tertiary/aromatic N) is 1. The van der Waals surface area contributed by atoms with E-state index in [-0.39, 0.29) is 11.7 Å². The minimum absolute atomic E-state index is 0.132. The topological polar surface area (TPSA) is 52.0 Å². The second kappa shape index (κ2) is 5.22. The molecule has 2 N–H and O–H groups in total. The molecule has 0 amide bonds. The number of aryl methyl sites for hydroxylation is 1. The molecule has 0 fully saturated rings. The standard InChI is InChI=1S/C16H12ClFN2O/c1-9-5-6-12(13(17)7-9)15-14(16(19)21-20-15)10-3-2-4-11(18)8-10/h2-8H,19H2,1H3. The second-order valence-corrected chi connectivity index (χ2v) is 5.17. The van der Waals surface area contributed by atoms with Crippen LogP contribution in [0.25, 0.3) is 22.4 Å². The number of rotatable bonds is 2. The number of hydrogen-bond acceptors (Lipinski definition) is 3. The minimum Gasteiger partial charge on any atom is -0.367 e. The first-order valence-corrected chi connectivity index (χ1v) is 6.71. The lowest BCUT2D eigenvalue weighted by Gasteiger charge is -2.05. The summed E-state index contributed by atoms with van der Waals surface area (Å²) in [6.45, 7) is 1.94. The van der Waals surface area contributed by atoms with Crippen LogP contribution < -0.4 is 5.73 Å². The molecule has 2 aromatic carbocycles. The molecule has 0 saturated carbocycles. The van der Waals surface area contributed by atoms with Crippen LogP contribution in [0.5, 0.6) is 0 Å². The average molecular weight is 303 g/mol. The maximum absolute atomic E-state index is 13.4. The van der Waals surface area contributed by atoms with Crippen molar-refractivity contribution in [3.63, 3.8) is 0 Å². The van der Waals surface area contributed by atoms with E-state index in [1.807, 2.05) is 25.1 Å². The fraction of sp³-hybridized carbons (Fsp3) is 0.0625. The Morgan fingerprint density at radius 2 is 2.00 bits per heavy atom. The van der Waals surface area contributed by atoms with Gasteiger partial charge in [0.05, 0.1) is 10.6 Å². The number of benzene rings is 2. The molecule has 5 heteroatoms. The molecule has 0 aliphatic heterocycles.